The quantitative estimate of drug-likeness (QED) is 0.637. The van der Waals surface area contributed by atoms with Crippen molar-refractivity contribution in [1.29, 1.82) is 0 Å². The van der Waals surface area contributed by atoms with Crippen LogP contribution >= 0.6 is 0 Å². The first-order valence-electron chi connectivity index (χ1n) is 7.21. The molecule has 1 aliphatic rings. The van der Waals surface area contributed by atoms with Crippen LogP contribution in [-0.2, 0) is 12.8 Å². The van der Waals surface area contributed by atoms with E-state index in [9.17, 15) is 10.1 Å². The Morgan fingerprint density at radius 1 is 1.19 bits per heavy atom. The number of aryl methyl sites for hydroxylation is 1. The number of nitro groups is 1. The molecule has 21 heavy (non-hydrogen) atoms. The smallest absolute Gasteiger partial charge is 0.269 e. The summed E-state index contributed by atoms with van der Waals surface area (Å²) in [6.45, 7) is 3.99. The van der Waals surface area contributed by atoms with Gasteiger partial charge in [0.05, 0.1) is 4.92 Å². The van der Waals surface area contributed by atoms with Crippen molar-refractivity contribution in [2.45, 2.75) is 19.8 Å². The summed E-state index contributed by atoms with van der Waals surface area (Å²) in [6.07, 6.45) is 1.89. The van der Waals surface area contributed by atoms with E-state index in [1.165, 1.54) is 11.1 Å². The Morgan fingerprint density at radius 3 is 2.67 bits per heavy atom. The SMILES string of the molecule is Cc1ccc(CCN2CCc3cc([N+](=O)[O-])ccc32)cc1. The molecule has 0 atom stereocenters. The average Bonchev–Trinajstić information content (AvgIpc) is 2.89. The molecule has 0 aromatic heterocycles. The Kier molecular flexibility index (Phi) is 3.60. The Labute approximate surface area is 124 Å². The largest absolute Gasteiger partial charge is 0.371 e. The fraction of sp³-hybridized carbons (Fsp3) is 0.294. The van der Waals surface area contributed by atoms with Gasteiger partial charge in [0.15, 0.2) is 0 Å². The first-order valence-corrected chi connectivity index (χ1v) is 7.21. The number of benzene rings is 2. The van der Waals surface area contributed by atoms with Gasteiger partial charge in [-0.25, -0.2) is 0 Å². The maximum atomic E-state index is 10.8. The van der Waals surface area contributed by atoms with E-state index < -0.39 is 0 Å². The maximum Gasteiger partial charge on any atom is 0.269 e. The van der Waals surface area contributed by atoms with Gasteiger partial charge in [-0.3, -0.25) is 10.1 Å². The third kappa shape index (κ3) is 2.89. The van der Waals surface area contributed by atoms with Crippen molar-refractivity contribution in [3.8, 4) is 0 Å². The van der Waals surface area contributed by atoms with Crippen molar-refractivity contribution < 1.29 is 4.92 Å². The van der Waals surface area contributed by atoms with Crippen LogP contribution in [0.5, 0.6) is 0 Å². The number of rotatable bonds is 4. The van der Waals surface area contributed by atoms with Crippen molar-refractivity contribution in [2.24, 2.45) is 0 Å². The first-order chi connectivity index (χ1) is 10.1. The minimum absolute atomic E-state index is 0.189. The van der Waals surface area contributed by atoms with Gasteiger partial charge in [0.1, 0.15) is 0 Å². The van der Waals surface area contributed by atoms with Gasteiger partial charge in [-0.15, -0.1) is 0 Å². The molecule has 2 aromatic carbocycles. The predicted octanol–water partition coefficient (Wildman–Crippen LogP) is 3.51. The van der Waals surface area contributed by atoms with E-state index in [1.807, 2.05) is 6.07 Å². The number of non-ortho nitro benzene ring substituents is 1. The van der Waals surface area contributed by atoms with Gasteiger partial charge in [-0.05, 0) is 37.0 Å². The van der Waals surface area contributed by atoms with Crippen molar-refractivity contribution in [2.75, 3.05) is 18.0 Å². The molecule has 0 saturated carbocycles. The first kappa shape index (κ1) is 13.6. The molecule has 0 fully saturated rings. The van der Waals surface area contributed by atoms with Crippen molar-refractivity contribution >= 4 is 11.4 Å². The predicted molar refractivity (Wildman–Crippen MR) is 83.9 cm³/mol. The molecular formula is C17H18N2O2. The molecule has 0 aliphatic carbocycles. The second kappa shape index (κ2) is 5.56. The van der Waals surface area contributed by atoms with E-state index in [1.54, 1.807) is 12.1 Å². The molecule has 1 heterocycles. The van der Waals surface area contributed by atoms with Gasteiger partial charge in [0.25, 0.3) is 5.69 Å². The van der Waals surface area contributed by atoms with E-state index in [4.69, 9.17) is 0 Å². The molecule has 108 valence electrons. The molecule has 0 N–H and O–H groups in total. The Morgan fingerprint density at radius 2 is 1.95 bits per heavy atom. The second-order valence-corrected chi connectivity index (χ2v) is 5.54. The lowest BCUT2D eigenvalue weighted by molar-refractivity contribution is -0.384. The molecule has 1 aliphatic heterocycles. The van der Waals surface area contributed by atoms with Gasteiger partial charge in [-0.2, -0.15) is 0 Å². The lowest BCUT2D eigenvalue weighted by Crippen LogP contribution is -2.23. The highest BCUT2D eigenvalue weighted by atomic mass is 16.6. The van der Waals surface area contributed by atoms with Crippen LogP contribution in [0, 0.1) is 17.0 Å². The Balaban J connectivity index is 1.70. The minimum atomic E-state index is -0.324. The van der Waals surface area contributed by atoms with Crippen LogP contribution < -0.4 is 4.90 Å². The number of fused-ring (bicyclic) bond motifs is 1. The minimum Gasteiger partial charge on any atom is -0.371 e. The molecule has 0 spiro atoms. The number of nitrogens with zero attached hydrogens (tertiary/aromatic N) is 2. The summed E-state index contributed by atoms with van der Waals surface area (Å²) < 4.78 is 0. The van der Waals surface area contributed by atoms with Crippen LogP contribution in [0.25, 0.3) is 0 Å². The topological polar surface area (TPSA) is 46.4 Å². The summed E-state index contributed by atoms with van der Waals surface area (Å²) in [5.41, 5.74) is 5.03. The van der Waals surface area contributed by atoms with Gasteiger partial charge in [0, 0.05) is 30.9 Å². The Bertz CT molecular complexity index is 665. The summed E-state index contributed by atoms with van der Waals surface area (Å²) in [6, 6.07) is 13.8. The molecule has 4 heteroatoms. The summed E-state index contributed by atoms with van der Waals surface area (Å²) in [5, 5.41) is 10.8. The second-order valence-electron chi connectivity index (χ2n) is 5.54. The molecule has 4 nitrogen and oxygen atoms in total. The van der Waals surface area contributed by atoms with Gasteiger partial charge in [0.2, 0.25) is 0 Å². The average molecular weight is 282 g/mol. The zero-order valence-corrected chi connectivity index (χ0v) is 12.1. The zero-order valence-electron chi connectivity index (χ0n) is 12.1. The van der Waals surface area contributed by atoms with Gasteiger partial charge >= 0.3 is 0 Å². The molecule has 0 radical (unpaired) electrons. The summed E-state index contributed by atoms with van der Waals surface area (Å²) >= 11 is 0. The van der Waals surface area contributed by atoms with Gasteiger partial charge in [-0.1, -0.05) is 29.8 Å². The molecule has 2 aromatic rings. The van der Waals surface area contributed by atoms with E-state index >= 15 is 0 Å². The number of nitro benzene ring substituents is 1. The maximum absolute atomic E-state index is 10.8. The van der Waals surface area contributed by atoms with Crippen LogP contribution in [0.3, 0.4) is 0 Å². The van der Waals surface area contributed by atoms with Gasteiger partial charge < -0.3 is 4.90 Å². The highest BCUT2D eigenvalue weighted by Gasteiger charge is 2.21. The lowest BCUT2D eigenvalue weighted by atomic mass is 10.1. The van der Waals surface area contributed by atoms with Crippen molar-refractivity contribution in [3.05, 3.63) is 69.3 Å². The highest BCUT2D eigenvalue weighted by Crippen LogP contribution is 2.31. The van der Waals surface area contributed by atoms with Crippen molar-refractivity contribution in [1.82, 2.24) is 0 Å². The van der Waals surface area contributed by atoms with Crippen LogP contribution in [0.4, 0.5) is 11.4 Å². The number of hydrogen-bond acceptors (Lipinski definition) is 3. The zero-order chi connectivity index (χ0) is 14.8. The van der Waals surface area contributed by atoms with E-state index in [0.717, 1.165) is 37.2 Å². The summed E-state index contributed by atoms with van der Waals surface area (Å²) in [5.74, 6) is 0. The van der Waals surface area contributed by atoms with Crippen molar-refractivity contribution in [3.63, 3.8) is 0 Å². The summed E-state index contributed by atoms with van der Waals surface area (Å²) in [4.78, 5) is 12.8. The third-order valence-corrected chi connectivity index (χ3v) is 4.06. The fourth-order valence-corrected chi connectivity index (χ4v) is 2.82. The molecule has 0 unspecified atom stereocenters. The molecule has 0 saturated heterocycles. The third-order valence-electron chi connectivity index (χ3n) is 4.06. The highest BCUT2D eigenvalue weighted by molar-refractivity contribution is 5.61. The van der Waals surface area contributed by atoms with E-state index in [-0.39, 0.29) is 10.6 Å². The Hall–Kier alpha value is -2.36. The molecule has 0 amide bonds. The summed E-state index contributed by atoms with van der Waals surface area (Å²) in [7, 11) is 0. The molecule has 0 bridgehead atoms. The van der Waals surface area contributed by atoms with Crippen LogP contribution in [0.15, 0.2) is 42.5 Å². The van der Waals surface area contributed by atoms with Crippen LogP contribution in [0.1, 0.15) is 16.7 Å². The van der Waals surface area contributed by atoms with E-state index in [2.05, 4.69) is 36.1 Å². The van der Waals surface area contributed by atoms with Crippen LogP contribution in [0.2, 0.25) is 0 Å². The number of anilines is 1. The molecule has 3 rings (SSSR count). The lowest BCUT2D eigenvalue weighted by Gasteiger charge is -2.19. The monoisotopic (exact) mass is 282 g/mol. The van der Waals surface area contributed by atoms with Crippen LogP contribution in [-0.4, -0.2) is 18.0 Å². The standard InChI is InChI=1S/C17H18N2O2/c1-13-2-4-14(5-3-13)8-10-18-11-9-15-12-16(19(20)21)6-7-17(15)18/h2-7,12H,8-11H2,1H3. The fourth-order valence-electron chi connectivity index (χ4n) is 2.82. The van der Waals surface area contributed by atoms with E-state index in [0.29, 0.717) is 0 Å². The molecular weight excluding hydrogens is 264 g/mol. The normalized spacial score (nSPS) is 13.3. The number of hydrogen-bond donors (Lipinski definition) is 0.